The molecule has 0 aliphatic carbocycles. The van der Waals surface area contributed by atoms with Crippen LogP contribution < -0.4 is 10.1 Å². The zero-order valence-corrected chi connectivity index (χ0v) is 10.5. The summed E-state index contributed by atoms with van der Waals surface area (Å²) in [5, 5.41) is 5.59. The molecule has 2 aromatic heterocycles. The van der Waals surface area contributed by atoms with Crippen LogP contribution in [-0.4, -0.2) is 17.1 Å². The van der Waals surface area contributed by atoms with Crippen LogP contribution in [0.15, 0.2) is 55.0 Å². The number of fused-ring (bicyclic) bond motifs is 1. The van der Waals surface area contributed by atoms with Crippen LogP contribution >= 0.6 is 0 Å². The molecule has 0 atom stereocenters. The van der Waals surface area contributed by atoms with E-state index in [2.05, 4.69) is 21.4 Å². The molecule has 3 rings (SSSR count). The van der Waals surface area contributed by atoms with E-state index in [1.54, 1.807) is 19.5 Å². The van der Waals surface area contributed by atoms with Crippen LogP contribution in [-0.2, 0) is 0 Å². The van der Waals surface area contributed by atoms with Crippen LogP contribution in [0.5, 0.6) is 5.88 Å². The number of ether oxygens (including phenoxy) is 1. The number of anilines is 2. The van der Waals surface area contributed by atoms with Crippen molar-refractivity contribution in [3.05, 3.63) is 55.0 Å². The van der Waals surface area contributed by atoms with E-state index in [1.165, 1.54) is 0 Å². The van der Waals surface area contributed by atoms with Gasteiger partial charge in [0.2, 0.25) is 5.88 Å². The smallest absolute Gasteiger partial charge is 0.213 e. The first kappa shape index (κ1) is 11.5. The maximum atomic E-state index is 5.03. The van der Waals surface area contributed by atoms with Crippen LogP contribution in [0.2, 0.25) is 0 Å². The molecule has 2 heterocycles. The summed E-state index contributed by atoms with van der Waals surface area (Å²) >= 11 is 0. The Hall–Kier alpha value is -2.62. The van der Waals surface area contributed by atoms with Gasteiger partial charge in [-0.3, -0.25) is 4.98 Å². The zero-order valence-electron chi connectivity index (χ0n) is 10.5. The van der Waals surface area contributed by atoms with Crippen LogP contribution in [0.25, 0.3) is 10.8 Å². The molecule has 0 fully saturated rings. The lowest BCUT2D eigenvalue weighted by molar-refractivity contribution is 0.398. The Kier molecular flexibility index (Phi) is 2.98. The van der Waals surface area contributed by atoms with Crippen LogP contribution in [0, 0.1) is 0 Å². The highest BCUT2D eigenvalue weighted by molar-refractivity contribution is 5.85. The Balaban J connectivity index is 1.87. The fraction of sp³-hybridized carbons (Fsp3) is 0.0667. The van der Waals surface area contributed by atoms with Crippen molar-refractivity contribution < 1.29 is 4.74 Å². The second-order valence-electron chi connectivity index (χ2n) is 4.15. The van der Waals surface area contributed by atoms with Crippen molar-refractivity contribution in [1.29, 1.82) is 0 Å². The normalized spacial score (nSPS) is 10.4. The molecule has 1 aromatic carbocycles. The van der Waals surface area contributed by atoms with E-state index >= 15 is 0 Å². The second-order valence-corrected chi connectivity index (χ2v) is 4.15. The topological polar surface area (TPSA) is 47.0 Å². The van der Waals surface area contributed by atoms with Crippen molar-refractivity contribution in [3.8, 4) is 5.88 Å². The van der Waals surface area contributed by atoms with Gasteiger partial charge in [0.15, 0.2) is 0 Å². The first-order valence-electron chi connectivity index (χ1n) is 5.96. The molecule has 1 N–H and O–H groups in total. The quantitative estimate of drug-likeness (QED) is 0.775. The van der Waals surface area contributed by atoms with E-state index in [4.69, 9.17) is 4.74 Å². The van der Waals surface area contributed by atoms with E-state index < -0.39 is 0 Å². The lowest BCUT2D eigenvalue weighted by Gasteiger charge is -2.07. The zero-order chi connectivity index (χ0) is 13.1. The Morgan fingerprint density at radius 3 is 2.63 bits per heavy atom. The van der Waals surface area contributed by atoms with Crippen LogP contribution in [0.3, 0.4) is 0 Å². The summed E-state index contributed by atoms with van der Waals surface area (Å²) < 4.78 is 5.03. The number of rotatable bonds is 3. The van der Waals surface area contributed by atoms with Gasteiger partial charge in [0, 0.05) is 29.5 Å². The van der Waals surface area contributed by atoms with Crippen molar-refractivity contribution >= 4 is 22.1 Å². The summed E-state index contributed by atoms with van der Waals surface area (Å²) in [7, 11) is 1.60. The number of aromatic nitrogens is 2. The van der Waals surface area contributed by atoms with Gasteiger partial charge in [-0.05, 0) is 29.7 Å². The molecular weight excluding hydrogens is 238 g/mol. The van der Waals surface area contributed by atoms with Gasteiger partial charge in [-0.1, -0.05) is 6.07 Å². The number of hydrogen-bond donors (Lipinski definition) is 1. The lowest BCUT2D eigenvalue weighted by Crippen LogP contribution is -1.92. The summed E-state index contributed by atoms with van der Waals surface area (Å²) in [6.07, 6.45) is 5.39. The lowest BCUT2D eigenvalue weighted by atomic mass is 10.1. The van der Waals surface area contributed by atoms with Gasteiger partial charge in [0.1, 0.15) is 0 Å². The van der Waals surface area contributed by atoms with Gasteiger partial charge in [0.05, 0.1) is 19.0 Å². The number of benzene rings is 1. The Labute approximate surface area is 111 Å². The highest BCUT2D eigenvalue weighted by Crippen LogP contribution is 2.22. The highest BCUT2D eigenvalue weighted by atomic mass is 16.5. The molecule has 94 valence electrons. The Morgan fingerprint density at radius 1 is 0.947 bits per heavy atom. The van der Waals surface area contributed by atoms with Gasteiger partial charge in [-0.25, -0.2) is 4.98 Å². The maximum Gasteiger partial charge on any atom is 0.213 e. The molecule has 0 aliphatic heterocycles. The van der Waals surface area contributed by atoms with Gasteiger partial charge in [-0.2, -0.15) is 0 Å². The van der Waals surface area contributed by atoms with Crippen molar-refractivity contribution in [2.24, 2.45) is 0 Å². The molecule has 0 saturated carbocycles. The predicted octanol–water partition coefficient (Wildman–Crippen LogP) is 3.38. The maximum absolute atomic E-state index is 5.03. The van der Waals surface area contributed by atoms with Crippen LogP contribution in [0.4, 0.5) is 11.4 Å². The largest absolute Gasteiger partial charge is 0.481 e. The molecule has 4 heteroatoms. The summed E-state index contributed by atoms with van der Waals surface area (Å²) in [5.41, 5.74) is 1.94. The van der Waals surface area contributed by atoms with E-state index in [1.807, 2.05) is 36.5 Å². The van der Waals surface area contributed by atoms with Gasteiger partial charge < -0.3 is 10.1 Å². The van der Waals surface area contributed by atoms with Crippen LogP contribution in [0.1, 0.15) is 0 Å². The third-order valence-corrected chi connectivity index (χ3v) is 2.87. The molecular formula is C15H13N3O. The SMILES string of the molecule is COc1ccc(Nc2ccc3cnccc3c2)cn1. The van der Waals surface area contributed by atoms with Gasteiger partial charge >= 0.3 is 0 Å². The summed E-state index contributed by atoms with van der Waals surface area (Å²) in [4.78, 5) is 8.26. The molecule has 0 saturated heterocycles. The molecule has 0 radical (unpaired) electrons. The number of hydrogen-bond acceptors (Lipinski definition) is 4. The molecule has 0 aliphatic rings. The van der Waals surface area contributed by atoms with Crippen molar-refractivity contribution in [2.45, 2.75) is 0 Å². The van der Waals surface area contributed by atoms with Crippen molar-refractivity contribution in [3.63, 3.8) is 0 Å². The van der Waals surface area contributed by atoms with Gasteiger partial charge in [0.25, 0.3) is 0 Å². The summed E-state index contributed by atoms with van der Waals surface area (Å²) in [5.74, 6) is 0.607. The first-order chi connectivity index (χ1) is 9.35. The van der Waals surface area contributed by atoms with E-state index in [-0.39, 0.29) is 0 Å². The summed E-state index contributed by atoms with van der Waals surface area (Å²) in [6, 6.07) is 11.9. The third-order valence-electron chi connectivity index (χ3n) is 2.87. The Morgan fingerprint density at radius 2 is 1.84 bits per heavy atom. The number of nitrogens with zero attached hydrogens (tertiary/aromatic N) is 2. The molecule has 3 aromatic rings. The number of pyridine rings is 2. The van der Waals surface area contributed by atoms with Crippen molar-refractivity contribution in [2.75, 3.05) is 12.4 Å². The fourth-order valence-electron chi connectivity index (χ4n) is 1.90. The predicted molar refractivity (Wildman–Crippen MR) is 75.8 cm³/mol. The molecule has 19 heavy (non-hydrogen) atoms. The minimum Gasteiger partial charge on any atom is -0.481 e. The number of methoxy groups -OCH3 is 1. The average Bonchev–Trinajstić information content (AvgIpc) is 2.48. The summed E-state index contributed by atoms with van der Waals surface area (Å²) in [6.45, 7) is 0. The van der Waals surface area contributed by atoms with E-state index in [9.17, 15) is 0 Å². The highest BCUT2D eigenvalue weighted by Gasteiger charge is 1.98. The molecule has 0 amide bonds. The van der Waals surface area contributed by atoms with E-state index in [0.717, 1.165) is 22.1 Å². The molecule has 0 spiro atoms. The minimum absolute atomic E-state index is 0.607. The first-order valence-corrected chi connectivity index (χ1v) is 5.96. The number of nitrogens with one attached hydrogen (secondary N) is 1. The van der Waals surface area contributed by atoms with Crippen molar-refractivity contribution in [1.82, 2.24) is 9.97 Å². The monoisotopic (exact) mass is 251 g/mol. The van der Waals surface area contributed by atoms with Gasteiger partial charge in [-0.15, -0.1) is 0 Å². The third kappa shape index (κ3) is 2.47. The molecule has 4 nitrogen and oxygen atoms in total. The Bertz CT molecular complexity index is 695. The fourth-order valence-corrected chi connectivity index (χ4v) is 1.90. The standard InChI is InChI=1S/C15H13N3O/c1-19-15-5-4-14(10-17-15)18-13-3-2-12-9-16-7-6-11(12)8-13/h2-10,18H,1H3. The molecule has 0 bridgehead atoms. The minimum atomic E-state index is 0.607. The average molecular weight is 251 g/mol. The second kappa shape index (κ2) is 4.94. The molecule has 0 unspecified atom stereocenters. The van der Waals surface area contributed by atoms with E-state index in [0.29, 0.717) is 5.88 Å².